The Hall–Kier alpha value is -1.65. The average Bonchev–Trinajstić information content (AvgIpc) is 2.36. The molecule has 112 valence electrons. The van der Waals surface area contributed by atoms with Gasteiger partial charge >= 0.3 is 5.97 Å². The summed E-state index contributed by atoms with van der Waals surface area (Å²) in [7, 11) is 0. The Bertz CT molecular complexity index is 475. The van der Waals surface area contributed by atoms with Gasteiger partial charge in [-0.3, -0.25) is 4.79 Å². The van der Waals surface area contributed by atoms with E-state index in [1.807, 2.05) is 6.92 Å². The van der Waals surface area contributed by atoms with Gasteiger partial charge in [-0.1, -0.05) is 6.92 Å². The van der Waals surface area contributed by atoms with Crippen LogP contribution in [0.1, 0.15) is 45.6 Å². The standard InChI is InChI=1S/C15H20F2O3/c1-5-10(15(3,4)14(19)20-6-2)9-7-11(16)13(17)12(18)8-9/h7-8,10,18H,5-6H2,1-4H3. The molecule has 0 heterocycles. The van der Waals surface area contributed by atoms with Crippen LogP contribution in [0.2, 0.25) is 0 Å². The fourth-order valence-corrected chi connectivity index (χ4v) is 2.42. The van der Waals surface area contributed by atoms with Crippen molar-refractivity contribution < 1.29 is 23.4 Å². The molecule has 0 aliphatic heterocycles. The maximum absolute atomic E-state index is 13.4. The highest BCUT2D eigenvalue weighted by Gasteiger charge is 2.38. The van der Waals surface area contributed by atoms with Crippen molar-refractivity contribution >= 4 is 5.97 Å². The number of esters is 1. The Morgan fingerprint density at radius 3 is 2.40 bits per heavy atom. The van der Waals surface area contributed by atoms with Gasteiger partial charge in [0.05, 0.1) is 12.0 Å². The minimum atomic E-state index is -1.28. The molecule has 0 aromatic heterocycles. The van der Waals surface area contributed by atoms with E-state index in [4.69, 9.17) is 4.74 Å². The third-order valence-corrected chi connectivity index (χ3v) is 3.51. The van der Waals surface area contributed by atoms with Crippen LogP contribution in [-0.4, -0.2) is 17.7 Å². The lowest BCUT2D eigenvalue weighted by molar-refractivity contribution is -0.154. The van der Waals surface area contributed by atoms with Gasteiger partial charge in [0.15, 0.2) is 17.4 Å². The van der Waals surface area contributed by atoms with Crippen LogP contribution in [-0.2, 0) is 9.53 Å². The first-order valence-electron chi connectivity index (χ1n) is 6.60. The zero-order chi connectivity index (χ0) is 15.5. The number of phenols is 1. The van der Waals surface area contributed by atoms with E-state index in [0.29, 0.717) is 12.0 Å². The first kappa shape index (κ1) is 16.4. The van der Waals surface area contributed by atoms with Crippen LogP contribution in [0.15, 0.2) is 12.1 Å². The zero-order valence-corrected chi connectivity index (χ0v) is 12.2. The lowest BCUT2D eigenvalue weighted by atomic mass is 9.73. The molecule has 0 radical (unpaired) electrons. The molecule has 0 fully saturated rings. The van der Waals surface area contributed by atoms with E-state index in [9.17, 15) is 18.7 Å². The van der Waals surface area contributed by atoms with Crippen LogP contribution < -0.4 is 0 Å². The number of carbonyl (C=O) groups excluding carboxylic acids is 1. The first-order valence-corrected chi connectivity index (χ1v) is 6.60. The normalized spacial score (nSPS) is 13.1. The van der Waals surface area contributed by atoms with Crippen LogP contribution in [0, 0.1) is 17.0 Å². The predicted molar refractivity (Wildman–Crippen MR) is 71.5 cm³/mol. The van der Waals surface area contributed by atoms with Crippen LogP contribution in [0.25, 0.3) is 0 Å². The fourth-order valence-electron chi connectivity index (χ4n) is 2.42. The molecular weight excluding hydrogens is 266 g/mol. The summed E-state index contributed by atoms with van der Waals surface area (Å²) in [6, 6.07) is 2.18. The number of halogens is 2. The quantitative estimate of drug-likeness (QED) is 0.838. The molecule has 1 aromatic carbocycles. The van der Waals surface area contributed by atoms with Crippen LogP contribution >= 0.6 is 0 Å². The maximum Gasteiger partial charge on any atom is 0.312 e. The molecule has 0 amide bonds. The largest absolute Gasteiger partial charge is 0.505 e. The highest BCUT2D eigenvalue weighted by atomic mass is 19.2. The summed E-state index contributed by atoms with van der Waals surface area (Å²) in [5.41, 5.74) is -0.525. The number of carbonyl (C=O) groups is 1. The molecule has 0 bridgehead atoms. The van der Waals surface area contributed by atoms with E-state index in [-0.39, 0.29) is 12.5 Å². The van der Waals surface area contributed by atoms with Crippen molar-refractivity contribution in [2.45, 2.75) is 40.0 Å². The third kappa shape index (κ3) is 3.08. The van der Waals surface area contributed by atoms with Crippen molar-refractivity contribution in [2.75, 3.05) is 6.61 Å². The van der Waals surface area contributed by atoms with Crippen molar-refractivity contribution in [1.29, 1.82) is 0 Å². The second-order valence-corrected chi connectivity index (χ2v) is 5.24. The smallest absolute Gasteiger partial charge is 0.312 e. The third-order valence-electron chi connectivity index (χ3n) is 3.51. The molecule has 0 saturated heterocycles. The second-order valence-electron chi connectivity index (χ2n) is 5.24. The summed E-state index contributed by atoms with van der Waals surface area (Å²) >= 11 is 0. The SMILES string of the molecule is CCOC(=O)C(C)(C)C(CC)c1cc(O)c(F)c(F)c1. The summed E-state index contributed by atoms with van der Waals surface area (Å²) in [5, 5.41) is 9.40. The van der Waals surface area contributed by atoms with Crippen LogP contribution in [0.4, 0.5) is 8.78 Å². The minimum absolute atomic E-state index is 0.252. The van der Waals surface area contributed by atoms with Gasteiger partial charge in [-0.2, -0.15) is 4.39 Å². The van der Waals surface area contributed by atoms with E-state index in [1.165, 1.54) is 0 Å². The van der Waals surface area contributed by atoms with Crippen molar-refractivity contribution in [2.24, 2.45) is 5.41 Å². The molecule has 1 atom stereocenters. The Morgan fingerprint density at radius 2 is 1.95 bits per heavy atom. The summed E-state index contributed by atoms with van der Waals surface area (Å²) in [6.07, 6.45) is 0.524. The lowest BCUT2D eigenvalue weighted by Crippen LogP contribution is -2.33. The van der Waals surface area contributed by atoms with E-state index in [2.05, 4.69) is 0 Å². The number of phenolic OH excluding ortho intramolecular Hbond substituents is 1. The average molecular weight is 286 g/mol. The highest BCUT2D eigenvalue weighted by molar-refractivity contribution is 5.77. The van der Waals surface area contributed by atoms with Gasteiger partial charge in [0.1, 0.15) is 0 Å². The summed E-state index contributed by atoms with van der Waals surface area (Å²) < 4.78 is 31.6. The van der Waals surface area contributed by atoms with Crippen LogP contribution in [0.3, 0.4) is 0 Å². The van der Waals surface area contributed by atoms with Crippen molar-refractivity contribution in [3.8, 4) is 5.75 Å². The van der Waals surface area contributed by atoms with E-state index >= 15 is 0 Å². The van der Waals surface area contributed by atoms with Gasteiger partial charge in [0.25, 0.3) is 0 Å². The van der Waals surface area contributed by atoms with Crippen molar-refractivity contribution in [3.05, 3.63) is 29.3 Å². The number of hydrogen-bond donors (Lipinski definition) is 1. The molecule has 0 spiro atoms. The van der Waals surface area contributed by atoms with Crippen molar-refractivity contribution in [1.82, 2.24) is 0 Å². The number of rotatable bonds is 5. The topological polar surface area (TPSA) is 46.5 Å². The van der Waals surface area contributed by atoms with E-state index < -0.39 is 28.8 Å². The van der Waals surface area contributed by atoms with Crippen molar-refractivity contribution in [3.63, 3.8) is 0 Å². The number of ether oxygens (including phenoxy) is 1. The first-order chi connectivity index (χ1) is 9.25. The van der Waals surface area contributed by atoms with Gasteiger partial charge in [-0.05, 0) is 50.8 Å². The Labute approximate surface area is 117 Å². The van der Waals surface area contributed by atoms with E-state index in [1.54, 1.807) is 20.8 Å². The monoisotopic (exact) mass is 286 g/mol. The van der Waals surface area contributed by atoms with Gasteiger partial charge in [-0.25, -0.2) is 4.39 Å². The molecule has 1 unspecified atom stereocenters. The fraction of sp³-hybridized carbons (Fsp3) is 0.533. The molecule has 1 rings (SSSR count). The number of hydrogen-bond acceptors (Lipinski definition) is 3. The Balaban J connectivity index is 3.22. The Kier molecular flexibility index (Phi) is 5.09. The second kappa shape index (κ2) is 6.20. The molecule has 1 N–H and O–H groups in total. The number of benzene rings is 1. The summed E-state index contributed by atoms with van der Waals surface area (Å²) in [6.45, 7) is 7.18. The Morgan fingerprint density at radius 1 is 1.35 bits per heavy atom. The van der Waals surface area contributed by atoms with Gasteiger partial charge in [-0.15, -0.1) is 0 Å². The molecule has 3 nitrogen and oxygen atoms in total. The maximum atomic E-state index is 13.4. The number of aromatic hydroxyl groups is 1. The summed E-state index contributed by atoms with van der Waals surface area (Å²) in [4.78, 5) is 12.0. The molecule has 0 aliphatic rings. The molecule has 5 heteroatoms. The molecular formula is C15H20F2O3. The van der Waals surface area contributed by atoms with Gasteiger partial charge in [0.2, 0.25) is 0 Å². The molecule has 0 aliphatic carbocycles. The van der Waals surface area contributed by atoms with Gasteiger partial charge in [0, 0.05) is 0 Å². The van der Waals surface area contributed by atoms with Crippen LogP contribution in [0.5, 0.6) is 5.75 Å². The van der Waals surface area contributed by atoms with Gasteiger partial charge < -0.3 is 9.84 Å². The molecule has 0 saturated carbocycles. The lowest BCUT2D eigenvalue weighted by Gasteiger charge is -2.32. The zero-order valence-electron chi connectivity index (χ0n) is 12.2. The van der Waals surface area contributed by atoms with E-state index in [0.717, 1.165) is 12.1 Å². The predicted octanol–water partition coefficient (Wildman–Crippen LogP) is 3.75. The molecule has 1 aromatic rings. The highest BCUT2D eigenvalue weighted by Crippen LogP contribution is 2.40. The minimum Gasteiger partial charge on any atom is -0.505 e. The summed E-state index contributed by atoms with van der Waals surface area (Å²) in [5.74, 6) is -3.95. The molecule has 20 heavy (non-hydrogen) atoms.